The third-order valence-corrected chi connectivity index (χ3v) is 5.98. The average molecular weight is 421 g/mol. The van der Waals surface area contributed by atoms with Crippen LogP contribution in [0.3, 0.4) is 0 Å². The number of piperidine rings is 1. The largest absolute Gasteiger partial charge is 0.416 e. The summed E-state index contributed by atoms with van der Waals surface area (Å²) in [5, 5.41) is 2.03. The van der Waals surface area contributed by atoms with Crippen LogP contribution in [-0.2, 0) is 17.5 Å². The number of thiophene rings is 1. The van der Waals surface area contributed by atoms with Crippen LogP contribution in [0.4, 0.5) is 13.2 Å². The van der Waals surface area contributed by atoms with Crippen LogP contribution in [0.2, 0.25) is 0 Å². The Hall–Kier alpha value is -2.68. The molecule has 1 saturated heterocycles. The third-order valence-electron chi connectivity index (χ3n) is 5.10. The van der Waals surface area contributed by atoms with Gasteiger partial charge in [0.1, 0.15) is 11.4 Å². The highest BCUT2D eigenvalue weighted by Gasteiger charge is 2.30. The van der Waals surface area contributed by atoms with E-state index < -0.39 is 11.7 Å². The van der Waals surface area contributed by atoms with Crippen molar-refractivity contribution in [1.82, 2.24) is 14.5 Å². The number of benzene rings is 1. The molecule has 0 aliphatic carbocycles. The van der Waals surface area contributed by atoms with Gasteiger partial charge in [-0.25, -0.2) is 4.98 Å². The van der Waals surface area contributed by atoms with Gasteiger partial charge < -0.3 is 4.90 Å². The molecular formula is C20H18F3N3O2S. The van der Waals surface area contributed by atoms with Crippen LogP contribution in [-0.4, -0.2) is 33.4 Å². The summed E-state index contributed by atoms with van der Waals surface area (Å²) in [5.41, 5.74) is -0.0841. The molecule has 9 heteroatoms. The maximum atomic E-state index is 13.0. The first-order valence-corrected chi connectivity index (χ1v) is 10.1. The molecule has 0 spiro atoms. The molecule has 0 N–H and O–H groups in total. The molecule has 0 bridgehead atoms. The van der Waals surface area contributed by atoms with Gasteiger partial charge in [0, 0.05) is 24.0 Å². The first-order chi connectivity index (χ1) is 13.8. The molecule has 1 aromatic carbocycles. The number of hydrogen-bond acceptors (Lipinski definition) is 4. The number of halogens is 3. The number of rotatable bonds is 3. The van der Waals surface area contributed by atoms with Crippen molar-refractivity contribution in [3.63, 3.8) is 0 Å². The van der Waals surface area contributed by atoms with Crippen LogP contribution in [0.1, 0.15) is 24.8 Å². The fraction of sp³-hybridized carbons (Fsp3) is 0.350. The Balaban J connectivity index is 1.67. The summed E-state index contributed by atoms with van der Waals surface area (Å²) in [7, 11) is 0. The van der Waals surface area contributed by atoms with Crippen molar-refractivity contribution >= 4 is 27.5 Å². The van der Waals surface area contributed by atoms with Gasteiger partial charge in [-0.2, -0.15) is 13.2 Å². The van der Waals surface area contributed by atoms with Gasteiger partial charge in [0.05, 0.1) is 17.3 Å². The minimum absolute atomic E-state index is 0.0932. The van der Waals surface area contributed by atoms with Gasteiger partial charge in [-0.1, -0.05) is 12.1 Å². The van der Waals surface area contributed by atoms with Crippen LogP contribution in [0.5, 0.6) is 0 Å². The van der Waals surface area contributed by atoms with Gasteiger partial charge in [0.2, 0.25) is 5.91 Å². The lowest BCUT2D eigenvalue weighted by atomic mass is 10.0. The van der Waals surface area contributed by atoms with Crippen molar-refractivity contribution in [1.29, 1.82) is 0 Å². The molecule has 0 saturated carbocycles. The smallest absolute Gasteiger partial charge is 0.341 e. The van der Waals surface area contributed by atoms with Crippen LogP contribution in [0.15, 0.2) is 40.8 Å². The minimum Gasteiger partial charge on any atom is -0.341 e. The topological polar surface area (TPSA) is 55.2 Å². The quantitative estimate of drug-likeness (QED) is 0.638. The van der Waals surface area contributed by atoms with Crippen LogP contribution in [0.25, 0.3) is 21.3 Å². The predicted octanol–water partition coefficient (Wildman–Crippen LogP) is 4.16. The molecule has 5 nitrogen and oxygen atoms in total. The first-order valence-electron chi connectivity index (χ1n) is 9.26. The highest BCUT2D eigenvalue weighted by atomic mass is 32.1. The van der Waals surface area contributed by atoms with Gasteiger partial charge in [-0.3, -0.25) is 14.2 Å². The maximum absolute atomic E-state index is 13.0. The highest BCUT2D eigenvalue weighted by molar-refractivity contribution is 7.17. The normalized spacial score (nSPS) is 15.1. The Morgan fingerprint density at radius 1 is 1.10 bits per heavy atom. The number of aromatic nitrogens is 2. The molecule has 0 radical (unpaired) electrons. The van der Waals surface area contributed by atoms with E-state index in [0.717, 1.165) is 31.4 Å². The van der Waals surface area contributed by atoms with Crippen molar-refractivity contribution in [3.8, 4) is 11.1 Å². The molecule has 152 valence electrons. The molecule has 3 aromatic rings. The van der Waals surface area contributed by atoms with Crippen LogP contribution >= 0.6 is 11.3 Å². The zero-order chi connectivity index (χ0) is 20.6. The van der Waals surface area contributed by atoms with E-state index in [-0.39, 0.29) is 18.0 Å². The summed E-state index contributed by atoms with van der Waals surface area (Å²) in [6.07, 6.45) is -0.0401. The van der Waals surface area contributed by atoms with E-state index in [9.17, 15) is 22.8 Å². The molecule has 1 aliphatic heterocycles. The van der Waals surface area contributed by atoms with Gasteiger partial charge >= 0.3 is 6.18 Å². The van der Waals surface area contributed by atoms with E-state index in [1.165, 1.54) is 34.4 Å². The standard InChI is InChI=1S/C20H18F3N3O2S/c21-20(22,23)14-6-4-13(5-7-14)15-11-29-18-17(15)19(28)26(12-24-18)10-16(27)25-8-2-1-3-9-25/h4-7,11-12H,1-3,8-10H2. The van der Waals surface area contributed by atoms with Crippen molar-refractivity contribution in [2.75, 3.05) is 13.1 Å². The number of fused-ring (bicyclic) bond motifs is 1. The second-order valence-corrected chi connectivity index (χ2v) is 7.88. The number of amides is 1. The number of likely N-dealkylation sites (tertiary alicyclic amines) is 1. The summed E-state index contributed by atoms with van der Waals surface area (Å²) < 4.78 is 39.7. The van der Waals surface area contributed by atoms with E-state index in [2.05, 4.69) is 4.98 Å². The Labute approximate surface area is 168 Å². The summed E-state index contributed by atoms with van der Waals surface area (Å²) in [6, 6.07) is 4.68. The molecule has 1 fully saturated rings. The molecule has 4 rings (SSSR count). The zero-order valence-corrected chi connectivity index (χ0v) is 16.2. The molecule has 3 heterocycles. The third kappa shape index (κ3) is 3.91. The Morgan fingerprint density at radius 2 is 1.79 bits per heavy atom. The second-order valence-electron chi connectivity index (χ2n) is 7.02. The zero-order valence-electron chi connectivity index (χ0n) is 15.4. The molecule has 1 aliphatic rings. The molecule has 0 atom stereocenters. The first kappa shape index (κ1) is 19.6. The van der Waals surface area contributed by atoms with E-state index in [1.807, 2.05) is 0 Å². The lowest BCUT2D eigenvalue weighted by Gasteiger charge is -2.26. The molecule has 2 aromatic heterocycles. The summed E-state index contributed by atoms with van der Waals surface area (Å²) in [4.78, 5) is 32.0. The summed E-state index contributed by atoms with van der Waals surface area (Å²) in [5.74, 6) is -0.126. The average Bonchev–Trinajstić information content (AvgIpc) is 3.15. The monoisotopic (exact) mass is 421 g/mol. The van der Waals surface area contributed by atoms with Gasteiger partial charge in [-0.15, -0.1) is 11.3 Å². The van der Waals surface area contributed by atoms with E-state index in [0.29, 0.717) is 34.4 Å². The summed E-state index contributed by atoms with van der Waals surface area (Å²) in [6.45, 7) is 1.29. The Kier molecular flexibility index (Phi) is 5.16. The van der Waals surface area contributed by atoms with Crippen molar-refractivity contribution < 1.29 is 18.0 Å². The lowest BCUT2D eigenvalue weighted by Crippen LogP contribution is -2.39. The van der Waals surface area contributed by atoms with Gasteiger partial charge in [-0.05, 0) is 37.0 Å². The maximum Gasteiger partial charge on any atom is 0.416 e. The van der Waals surface area contributed by atoms with Gasteiger partial charge in [0.15, 0.2) is 0 Å². The molecular weight excluding hydrogens is 403 g/mol. The number of carbonyl (C=O) groups excluding carboxylic acids is 1. The van der Waals surface area contributed by atoms with Crippen molar-refractivity contribution in [2.45, 2.75) is 32.0 Å². The van der Waals surface area contributed by atoms with Crippen LogP contribution in [0, 0.1) is 0 Å². The Morgan fingerprint density at radius 3 is 2.45 bits per heavy atom. The minimum atomic E-state index is -4.42. The van der Waals surface area contributed by atoms with Crippen LogP contribution < -0.4 is 5.56 Å². The summed E-state index contributed by atoms with van der Waals surface area (Å²) >= 11 is 1.25. The Bertz CT molecular complexity index is 1100. The fourth-order valence-corrected chi connectivity index (χ4v) is 4.43. The lowest BCUT2D eigenvalue weighted by molar-refractivity contribution is -0.137. The molecule has 0 unspecified atom stereocenters. The molecule has 1 amide bonds. The van der Waals surface area contributed by atoms with E-state index >= 15 is 0 Å². The fourth-order valence-electron chi connectivity index (χ4n) is 3.52. The number of alkyl halides is 3. The second kappa shape index (κ2) is 7.62. The number of nitrogens with zero attached hydrogens (tertiary/aromatic N) is 3. The number of hydrogen-bond donors (Lipinski definition) is 0. The van der Waals surface area contributed by atoms with E-state index in [4.69, 9.17) is 0 Å². The number of carbonyl (C=O) groups is 1. The SMILES string of the molecule is O=C(Cn1cnc2scc(-c3ccc(C(F)(F)F)cc3)c2c1=O)N1CCCCC1. The molecule has 29 heavy (non-hydrogen) atoms. The van der Waals surface area contributed by atoms with Crippen molar-refractivity contribution in [3.05, 3.63) is 51.9 Å². The van der Waals surface area contributed by atoms with Crippen molar-refractivity contribution in [2.24, 2.45) is 0 Å². The predicted molar refractivity (Wildman–Crippen MR) is 105 cm³/mol. The van der Waals surface area contributed by atoms with Gasteiger partial charge in [0.25, 0.3) is 5.56 Å². The van der Waals surface area contributed by atoms with E-state index in [1.54, 1.807) is 10.3 Å². The highest BCUT2D eigenvalue weighted by Crippen LogP contribution is 2.34.